The van der Waals surface area contributed by atoms with Crippen molar-refractivity contribution >= 4 is 11.0 Å². The van der Waals surface area contributed by atoms with Gasteiger partial charge in [-0.3, -0.25) is 0 Å². The van der Waals surface area contributed by atoms with Crippen molar-refractivity contribution in [2.45, 2.75) is 20.3 Å². The number of hydrogen-bond donors (Lipinski definition) is 0. The third kappa shape index (κ3) is 2.48. The summed E-state index contributed by atoms with van der Waals surface area (Å²) in [5.41, 5.74) is 6.08. The van der Waals surface area contributed by atoms with Crippen molar-refractivity contribution in [2.75, 3.05) is 0 Å². The van der Waals surface area contributed by atoms with E-state index in [1.807, 2.05) is 37.3 Å². The van der Waals surface area contributed by atoms with Crippen LogP contribution in [0.15, 0.2) is 48.6 Å². The molecule has 2 aromatic carbocycles. The summed E-state index contributed by atoms with van der Waals surface area (Å²) >= 11 is 0. The molecule has 0 bridgehead atoms. The molecule has 3 nitrogen and oxygen atoms in total. The Balaban J connectivity index is 2.08. The first-order valence-electron chi connectivity index (χ1n) is 6.61. The number of allylic oxidation sites excluding steroid dienone is 1. The van der Waals surface area contributed by atoms with E-state index >= 15 is 0 Å². The molecule has 0 spiro atoms. The Morgan fingerprint density at radius 3 is 2.45 bits per heavy atom. The van der Waals surface area contributed by atoms with Crippen LogP contribution in [-0.2, 0) is 6.42 Å². The summed E-state index contributed by atoms with van der Waals surface area (Å²) in [5.74, 6) is 0. The van der Waals surface area contributed by atoms with Gasteiger partial charge >= 0.3 is 0 Å². The zero-order chi connectivity index (χ0) is 14.1. The third-order valence-electron chi connectivity index (χ3n) is 3.05. The number of benzene rings is 2. The number of rotatable bonds is 3. The average Bonchev–Trinajstić information content (AvgIpc) is 2.80. The second-order valence-corrected chi connectivity index (χ2v) is 5.18. The molecular weight excluding hydrogens is 246 g/mol. The topological polar surface area (TPSA) is 30.7 Å². The predicted molar refractivity (Wildman–Crippen MR) is 81.0 cm³/mol. The molecule has 0 aliphatic carbocycles. The highest BCUT2D eigenvalue weighted by molar-refractivity contribution is 5.73. The molecule has 0 N–H and O–H groups in total. The van der Waals surface area contributed by atoms with Crippen molar-refractivity contribution in [1.29, 1.82) is 0 Å². The molecule has 0 atom stereocenters. The van der Waals surface area contributed by atoms with E-state index in [1.165, 1.54) is 5.56 Å². The maximum absolute atomic E-state index is 4.50. The Labute approximate surface area is 118 Å². The van der Waals surface area contributed by atoms with Crippen LogP contribution in [0, 0.1) is 13.0 Å². The van der Waals surface area contributed by atoms with Crippen molar-refractivity contribution in [3.05, 3.63) is 65.7 Å². The van der Waals surface area contributed by atoms with Crippen molar-refractivity contribution in [3.63, 3.8) is 0 Å². The Morgan fingerprint density at radius 1 is 1.20 bits per heavy atom. The first-order valence-corrected chi connectivity index (χ1v) is 6.61. The van der Waals surface area contributed by atoms with Crippen LogP contribution < -0.4 is 0 Å². The van der Waals surface area contributed by atoms with Gasteiger partial charge in [-0.25, -0.2) is 0 Å². The van der Waals surface area contributed by atoms with E-state index in [1.54, 1.807) is 4.80 Å². The Bertz CT molecular complexity index is 751. The number of hydrogen-bond acceptors (Lipinski definition) is 2. The van der Waals surface area contributed by atoms with Gasteiger partial charge in [0, 0.05) is 6.07 Å². The zero-order valence-electron chi connectivity index (χ0n) is 11.7. The van der Waals surface area contributed by atoms with Crippen molar-refractivity contribution in [3.8, 4) is 5.69 Å². The van der Waals surface area contributed by atoms with E-state index in [0.29, 0.717) is 0 Å². The van der Waals surface area contributed by atoms with Gasteiger partial charge in [-0.05, 0) is 49.6 Å². The molecule has 0 amide bonds. The average molecular weight is 262 g/mol. The Hall–Kier alpha value is -2.42. The van der Waals surface area contributed by atoms with Gasteiger partial charge in [0.25, 0.3) is 0 Å². The number of fused-ring (bicyclic) bond motifs is 1. The summed E-state index contributed by atoms with van der Waals surface area (Å²) < 4.78 is 0. The summed E-state index contributed by atoms with van der Waals surface area (Å²) in [4.78, 5) is 1.65. The van der Waals surface area contributed by atoms with Gasteiger partial charge in [-0.2, -0.15) is 0 Å². The smallest absolute Gasteiger partial charge is 0.113 e. The van der Waals surface area contributed by atoms with Gasteiger partial charge in [0.05, 0.1) is 5.69 Å². The van der Waals surface area contributed by atoms with E-state index < -0.39 is 0 Å². The molecule has 0 saturated heterocycles. The molecule has 20 heavy (non-hydrogen) atoms. The lowest BCUT2D eigenvalue weighted by Gasteiger charge is -2.06. The fourth-order valence-corrected chi connectivity index (χ4v) is 2.26. The normalized spacial score (nSPS) is 10.9. The highest BCUT2D eigenvalue weighted by Crippen LogP contribution is 2.16. The van der Waals surface area contributed by atoms with E-state index in [-0.39, 0.29) is 0 Å². The third-order valence-corrected chi connectivity index (χ3v) is 3.05. The van der Waals surface area contributed by atoms with Gasteiger partial charge in [0.2, 0.25) is 0 Å². The SMILES string of the molecule is C=C(C)Cc1[c]c(-n2nc3ccccc3n2)cc(C)c1. The lowest BCUT2D eigenvalue weighted by molar-refractivity contribution is 0.762. The largest absolute Gasteiger partial charge is 0.150 e. The molecule has 99 valence electrons. The Morgan fingerprint density at radius 2 is 1.85 bits per heavy atom. The summed E-state index contributed by atoms with van der Waals surface area (Å²) in [7, 11) is 0. The summed E-state index contributed by atoms with van der Waals surface area (Å²) in [6.45, 7) is 8.06. The Kier molecular flexibility index (Phi) is 3.11. The van der Waals surface area contributed by atoms with Gasteiger partial charge in [0.1, 0.15) is 11.0 Å². The highest BCUT2D eigenvalue weighted by Gasteiger charge is 2.06. The molecule has 1 radical (unpaired) electrons. The molecule has 3 heteroatoms. The van der Waals surface area contributed by atoms with Crippen LogP contribution in [0.5, 0.6) is 0 Å². The molecular formula is C17H16N3. The lowest BCUT2D eigenvalue weighted by Crippen LogP contribution is -2.01. The fourth-order valence-electron chi connectivity index (χ4n) is 2.26. The van der Waals surface area contributed by atoms with Crippen LogP contribution in [0.3, 0.4) is 0 Å². The first kappa shape index (κ1) is 12.6. The summed E-state index contributed by atoms with van der Waals surface area (Å²) in [6, 6.07) is 15.4. The van der Waals surface area contributed by atoms with E-state index in [4.69, 9.17) is 0 Å². The van der Waals surface area contributed by atoms with Gasteiger partial charge in [-0.15, -0.1) is 15.0 Å². The molecule has 1 aromatic heterocycles. The quantitative estimate of drug-likeness (QED) is 0.675. The fraction of sp³-hybridized carbons (Fsp3) is 0.176. The number of nitrogens with zero attached hydrogens (tertiary/aromatic N) is 3. The van der Waals surface area contributed by atoms with E-state index in [0.717, 1.165) is 34.3 Å². The highest BCUT2D eigenvalue weighted by atomic mass is 15.5. The number of aryl methyl sites for hydroxylation is 1. The molecule has 1 heterocycles. The van der Waals surface area contributed by atoms with Crippen LogP contribution in [0.2, 0.25) is 0 Å². The van der Waals surface area contributed by atoms with Gasteiger partial charge in [-0.1, -0.05) is 30.4 Å². The summed E-state index contributed by atoms with van der Waals surface area (Å²) in [5, 5.41) is 8.99. The standard InChI is InChI=1S/C17H16N3/c1-12(2)8-14-9-13(3)10-15(11-14)20-18-16-6-4-5-7-17(16)19-20/h4-7,9-10H,1,8H2,2-3H3. The molecule has 0 unspecified atom stereocenters. The van der Waals surface area contributed by atoms with E-state index in [9.17, 15) is 0 Å². The molecule has 3 aromatic rings. The molecule has 0 aliphatic heterocycles. The maximum atomic E-state index is 4.50. The molecule has 0 aliphatic rings. The van der Waals surface area contributed by atoms with Crippen molar-refractivity contribution in [1.82, 2.24) is 15.0 Å². The minimum atomic E-state index is 0.829. The molecule has 3 rings (SSSR count). The van der Waals surface area contributed by atoms with Gasteiger partial charge in [0.15, 0.2) is 0 Å². The second kappa shape index (κ2) is 4.93. The molecule has 0 fully saturated rings. The van der Waals surface area contributed by atoms with Crippen LogP contribution >= 0.6 is 0 Å². The lowest BCUT2D eigenvalue weighted by atomic mass is 10.0. The van der Waals surface area contributed by atoms with Crippen LogP contribution in [0.4, 0.5) is 0 Å². The predicted octanol–water partition coefficient (Wildman–Crippen LogP) is 3.65. The first-order chi connectivity index (χ1) is 9.61. The molecule has 0 saturated carbocycles. The van der Waals surface area contributed by atoms with Crippen LogP contribution in [0.25, 0.3) is 16.7 Å². The van der Waals surface area contributed by atoms with Crippen LogP contribution in [-0.4, -0.2) is 15.0 Å². The summed E-state index contributed by atoms with van der Waals surface area (Å²) in [6.07, 6.45) is 0.829. The second-order valence-electron chi connectivity index (χ2n) is 5.18. The number of aromatic nitrogens is 3. The van der Waals surface area contributed by atoms with E-state index in [2.05, 4.69) is 35.8 Å². The maximum Gasteiger partial charge on any atom is 0.113 e. The monoisotopic (exact) mass is 262 g/mol. The minimum Gasteiger partial charge on any atom is -0.150 e. The zero-order valence-corrected chi connectivity index (χ0v) is 11.7. The minimum absolute atomic E-state index is 0.829. The van der Waals surface area contributed by atoms with Gasteiger partial charge < -0.3 is 0 Å². The van der Waals surface area contributed by atoms with Crippen molar-refractivity contribution < 1.29 is 0 Å². The van der Waals surface area contributed by atoms with Crippen LogP contribution in [0.1, 0.15) is 18.1 Å². The van der Waals surface area contributed by atoms with Crippen molar-refractivity contribution in [2.24, 2.45) is 0 Å².